The van der Waals surface area contributed by atoms with Crippen molar-refractivity contribution < 1.29 is 28.9 Å². The van der Waals surface area contributed by atoms with E-state index in [9.17, 15) is 19.4 Å². The molecule has 0 amide bonds. The molecule has 2 aromatic rings. The highest BCUT2D eigenvalue weighted by Gasteiger charge is 2.14. The molecule has 0 aliphatic carbocycles. The van der Waals surface area contributed by atoms with Crippen LogP contribution in [0.4, 0.5) is 4.39 Å². The topological polar surface area (TPSA) is 90.9 Å². The highest BCUT2D eigenvalue weighted by molar-refractivity contribution is 5.73. The average Bonchev–Trinajstić information content (AvgIpc) is 2.86. The molecular formula is C18H19FO5. The number of carboxylic acids is 1. The van der Waals surface area contributed by atoms with Crippen LogP contribution in [0.25, 0.3) is 17.2 Å². The summed E-state index contributed by atoms with van der Waals surface area (Å²) < 4.78 is 18.6. The van der Waals surface area contributed by atoms with Gasteiger partial charge in [0, 0.05) is 12.0 Å². The van der Waals surface area contributed by atoms with E-state index in [1.54, 1.807) is 31.2 Å². The van der Waals surface area contributed by atoms with Crippen molar-refractivity contribution in [2.24, 2.45) is 0 Å². The summed E-state index contributed by atoms with van der Waals surface area (Å²) in [6.45, 7) is 1.78. The largest absolute Gasteiger partial charge is 0.481 e. The fourth-order valence-corrected chi connectivity index (χ4v) is 2.35. The second-order valence-electron chi connectivity index (χ2n) is 5.56. The van der Waals surface area contributed by atoms with Gasteiger partial charge in [-0.1, -0.05) is 18.2 Å². The highest BCUT2D eigenvalue weighted by Crippen LogP contribution is 2.28. The van der Waals surface area contributed by atoms with Crippen molar-refractivity contribution in [3.05, 3.63) is 53.7 Å². The van der Waals surface area contributed by atoms with Crippen LogP contribution in [0.15, 0.2) is 40.8 Å². The third kappa shape index (κ3) is 5.04. The zero-order chi connectivity index (χ0) is 17.7. The molecule has 0 spiro atoms. The van der Waals surface area contributed by atoms with Crippen LogP contribution in [0, 0.1) is 12.7 Å². The average molecular weight is 334 g/mol. The molecule has 1 heterocycles. The Morgan fingerprint density at radius 2 is 1.96 bits per heavy atom. The SMILES string of the molecule is Cc1cc(-c2ccc(F)cc2)c(C=C[C@@H](O)C[C@H](O)CC(=O)O)o1. The third-order valence-corrected chi connectivity index (χ3v) is 3.43. The summed E-state index contributed by atoms with van der Waals surface area (Å²) in [5.41, 5.74) is 1.52. The number of aliphatic hydroxyl groups is 2. The van der Waals surface area contributed by atoms with Crippen LogP contribution >= 0.6 is 0 Å². The Morgan fingerprint density at radius 1 is 1.29 bits per heavy atom. The number of rotatable bonds is 7. The predicted octanol–water partition coefficient (Wildman–Crippen LogP) is 2.99. The summed E-state index contributed by atoms with van der Waals surface area (Å²) in [5.74, 6) is -0.307. The van der Waals surface area contributed by atoms with Crippen molar-refractivity contribution in [1.29, 1.82) is 0 Å². The number of aliphatic carboxylic acids is 1. The maximum Gasteiger partial charge on any atom is 0.305 e. The molecule has 0 aliphatic rings. The molecule has 5 nitrogen and oxygen atoms in total. The molecule has 6 heteroatoms. The second kappa shape index (κ2) is 7.90. The van der Waals surface area contributed by atoms with Gasteiger partial charge >= 0.3 is 5.97 Å². The number of aryl methyl sites for hydroxylation is 1. The summed E-state index contributed by atoms with van der Waals surface area (Å²) in [6, 6.07) is 7.76. The lowest BCUT2D eigenvalue weighted by molar-refractivity contribution is -0.139. The van der Waals surface area contributed by atoms with Crippen molar-refractivity contribution in [3.8, 4) is 11.1 Å². The Balaban J connectivity index is 2.12. The van der Waals surface area contributed by atoms with Crippen LogP contribution in [-0.4, -0.2) is 33.5 Å². The van der Waals surface area contributed by atoms with E-state index < -0.39 is 24.6 Å². The zero-order valence-electron chi connectivity index (χ0n) is 13.1. The van der Waals surface area contributed by atoms with Gasteiger partial charge in [-0.25, -0.2) is 4.39 Å². The van der Waals surface area contributed by atoms with E-state index in [1.807, 2.05) is 0 Å². The molecule has 0 saturated carbocycles. The smallest absolute Gasteiger partial charge is 0.305 e. The van der Waals surface area contributed by atoms with E-state index in [1.165, 1.54) is 18.2 Å². The van der Waals surface area contributed by atoms with Crippen LogP contribution < -0.4 is 0 Å². The van der Waals surface area contributed by atoms with Gasteiger partial charge in [-0.05, 0) is 36.8 Å². The fourth-order valence-electron chi connectivity index (χ4n) is 2.35. The van der Waals surface area contributed by atoms with Gasteiger partial charge in [0.15, 0.2) is 0 Å². The Bertz CT molecular complexity index is 718. The predicted molar refractivity (Wildman–Crippen MR) is 86.8 cm³/mol. The lowest BCUT2D eigenvalue weighted by Gasteiger charge is -2.10. The first-order valence-electron chi connectivity index (χ1n) is 7.47. The first-order chi connectivity index (χ1) is 11.3. The molecule has 0 saturated heterocycles. The summed E-state index contributed by atoms with van der Waals surface area (Å²) in [5, 5.41) is 28.0. The molecule has 0 radical (unpaired) electrons. The molecule has 0 unspecified atom stereocenters. The molecule has 1 aromatic carbocycles. The molecule has 24 heavy (non-hydrogen) atoms. The summed E-state index contributed by atoms with van der Waals surface area (Å²) in [7, 11) is 0. The van der Waals surface area contributed by atoms with Gasteiger partial charge in [0.25, 0.3) is 0 Å². The van der Waals surface area contributed by atoms with Gasteiger partial charge in [-0.3, -0.25) is 4.79 Å². The first-order valence-corrected chi connectivity index (χ1v) is 7.47. The normalized spacial score (nSPS) is 14.0. The van der Waals surface area contributed by atoms with Gasteiger partial charge in [-0.15, -0.1) is 0 Å². The van der Waals surface area contributed by atoms with Gasteiger partial charge in [-0.2, -0.15) is 0 Å². The number of hydrogen-bond acceptors (Lipinski definition) is 4. The van der Waals surface area contributed by atoms with Gasteiger partial charge < -0.3 is 19.7 Å². The number of benzene rings is 1. The van der Waals surface area contributed by atoms with Crippen LogP contribution in [0.3, 0.4) is 0 Å². The number of hydrogen-bond donors (Lipinski definition) is 3. The van der Waals surface area contributed by atoms with Crippen molar-refractivity contribution >= 4 is 12.0 Å². The van der Waals surface area contributed by atoms with E-state index in [4.69, 9.17) is 9.52 Å². The minimum absolute atomic E-state index is 0.0889. The van der Waals surface area contributed by atoms with Crippen molar-refractivity contribution in [2.75, 3.05) is 0 Å². The molecule has 128 valence electrons. The Hall–Kier alpha value is -2.44. The molecule has 3 N–H and O–H groups in total. The summed E-state index contributed by atoms with van der Waals surface area (Å²) in [4.78, 5) is 10.5. The van der Waals surface area contributed by atoms with E-state index in [2.05, 4.69) is 0 Å². The summed E-state index contributed by atoms with van der Waals surface area (Å²) >= 11 is 0. The van der Waals surface area contributed by atoms with Gasteiger partial charge in [0.05, 0.1) is 18.6 Å². The Labute approximate surface area is 138 Å². The van der Waals surface area contributed by atoms with Gasteiger partial charge in [0.2, 0.25) is 0 Å². The quantitative estimate of drug-likeness (QED) is 0.724. The zero-order valence-corrected chi connectivity index (χ0v) is 13.1. The molecule has 1 aromatic heterocycles. The molecule has 0 aliphatic heterocycles. The Kier molecular flexibility index (Phi) is 5.89. The van der Waals surface area contributed by atoms with Crippen LogP contribution in [0.5, 0.6) is 0 Å². The lowest BCUT2D eigenvalue weighted by Crippen LogP contribution is -2.19. The van der Waals surface area contributed by atoms with Crippen molar-refractivity contribution in [1.82, 2.24) is 0 Å². The maximum absolute atomic E-state index is 13.0. The fraction of sp³-hybridized carbons (Fsp3) is 0.278. The molecule has 0 fully saturated rings. The van der Waals surface area contributed by atoms with E-state index in [0.29, 0.717) is 11.5 Å². The standard InChI is InChI=1S/C18H19FO5/c1-11-8-16(12-2-4-13(19)5-3-12)17(24-11)7-6-14(20)9-15(21)10-18(22)23/h2-8,14-15,20-21H,9-10H2,1H3,(H,22,23)/t14-,15+/m1/s1. The van der Waals surface area contributed by atoms with E-state index in [0.717, 1.165) is 11.1 Å². The van der Waals surface area contributed by atoms with Gasteiger partial charge in [0.1, 0.15) is 17.3 Å². The van der Waals surface area contributed by atoms with Crippen LogP contribution in [0.2, 0.25) is 0 Å². The molecule has 2 atom stereocenters. The van der Waals surface area contributed by atoms with E-state index in [-0.39, 0.29) is 12.2 Å². The monoisotopic (exact) mass is 334 g/mol. The minimum Gasteiger partial charge on any atom is -0.481 e. The Morgan fingerprint density at radius 3 is 2.58 bits per heavy atom. The maximum atomic E-state index is 13.0. The van der Waals surface area contributed by atoms with Crippen LogP contribution in [0.1, 0.15) is 24.4 Å². The van der Waals surface area contributed by atoms with E-state index >= 15 is 0 Å². The molecule has 2 rings (SSSR count). The van der Waals surface area contributed by atoms with Crippen molar-refractivity contribution in [3.63, 3.8) is 0 Å². The molecular weight excluding hydrogens is 315 g/mol. The first kappa shape index (κ1) is 17.9. The second-order valence-corrected chi connectivity index (χ2v) is 5.56. The van der Waals surface area contributed by atoms with Crippen LogP contribution in [-0.2, 0) is 4.79 Å². The third-order valence-electron chi connectivity index (χ3n) is 3.43. The number of furan rings is 1. The molecule has 0 bridgehead atoms. The number of halogens is 1. The summed E-state index contributed by atoms with van der Waals surface area (Å²) in [6.07, 6.45) is 0.336. The number of carbonyl (C=O) groups is 1. The lowest BCUT2D eigenvalue weighted by atomic mass is 10.0. The highest BCUT2D eigenvalue weighted by atomic mass is 19.1. The number of carboxylic acid groups (broad SMARTS) is 1. The minimum atomic E-state index is -1.13. The van der Waals surface area contributed by atoms with Crippen molar-refractivity contribution in [2.45, 2.75) is 32.0 Å². The number of aliphatic hydroxyl groups excluding tert-OH is 2.